The van der Waals surface area contributed by atoms with Crippen LogP contribution in [-0.4, -0.2) is 11.0 Å². The molecular formula is C12H16N2O2. The van der Waals surface area contributed by atoms with Crippen LogP contribution in [0.3, 0.4) is 0 Å². The first-order chi connectivity index (χ1) is 7.66. The van der Waals surface area contributed by atoms with Crippen molar-refractivity contribution in [1.82, 2.24) is 0 Å². The zero-order valence-corrected chi connectivity index (χ0v) is 9.35. The Kier molecular flexibility index (Phi) is 3.08. The van der Waals surface area contributed by atoms with E-state index in [1.54, 1.807) is 18.2 Å². The van der Waals surface area contributed by atoms with E-state index in [1.807, 2.05) is 6.07 Å². The summed E-state index contributed by atoms with van der Waals surface area (Å²) < 4.78 is 0. The molecule has 4 nitrogen and oxygen atoms in total. The summed E-state index contributed by atoms with van der Waals surface area (Å²) in [5, 5.41) is 14.1. The number of nitrogens with one attached hydrogen (secondary N) is 1. The third-order valence-corrected chi connectivity index (χ3v) is 3.16. The first-order valence-corrected chi connectivity index (χ1v) is 5.67. The fourth-order valence-corrected chi connectivity index (χ4v) is 2.31. The molecule has 16 heavy (non-hydrogen) atoms. The van der Waals surface area contributed by atoms with E-state index in [1.165, 1.54) is 6.42 Å². The second-order valence-electron chi connectivity index (χ2n) is 4.53. The minimum atomic E-state index is -0.333. The first-order valence-electron chi connectivity index (χ1n) is 5.67. The highest BCUT2D eigenvalue weighted by atomic mass is 16.6. The molecule has 1 aliphatic carbocycles. The van der Waals surface area contributed by atoms with Crippen molar-refractivity contribution in [3.8, 4) is 0 Å². The van der Waals surface area contributed by atoms with Crippen LogP contribution < -0.4 is 5.32 Å². The molecule has 0 bridgehead atoms. The Bertz CT molecular complexity index is 392. The summed E-state index contributed by atoms with van der Waals surface area (Å²) >= 11 is 0. The standard InChI is InChI=1S/C12H16N2O2/c1-9-6-7-10(8-9)13-11-4-2-3-5-12(11)14(15)16/h2-5,9-10,13H,6-8H2,1H3. The molecule has 1 aromatic rings. The van der Waals surface area contributed by atoms with Crippen LogP contribution in [0.4, 0.5) is 11.4 Å². The Morgan fingerprint density at radius 2 is 2.12 bits per heavy atom. The van der Waals surface area contributed by atoms with Crippen molar-refractivity contribution in [3.63, 3.8) is 0 Å². The number of rotatable bonds is 3. The van der Waals surface area contributed by atoms with E-state index in [0.29, 0.717) is 11.7 Å². The number of nitrogens with zero attached hydrogens (tertiary/aromatic N) is 1. The van der Waals surface area contributed by atoms with Gasteiger partial charge in [0.1, 0.15) is 5.69 Å². The lowest BCUT2D eigenvalue weighted by Crippen LogP contribution is -2.16. The Morgan fingerprint density at radius 3 is 2.75 bits per heavy atom. The van der Waals surface area contributed by atoms with E-state index in [9.17, 15) is 10.1 Å². The summed E-state index contributed by atoms with van der Waals surface area (Å²) in [7, 11) is 0. The van der Waals surface area contributed by atoms with Gasteiger partial charge in [-0.1, -0.05) is 19.1 Å². The van der Waals surface area contributed by atoms with E-state index < -0.39 is 0 Å². The molecular weight excluding hydrogens is 204 g/mol. The van der Waals surface area contributed by atoms with Crippen molar-refractivity contribution in [2.75, 3.05) is 5.32 Å². The Labute approximate surface area is 94.8 Å². The predicted molar refractivity (Wildman–Crippen MR) is 63.5 cm³/mol. The Balaban J connectivity index is 2.12. The number of anilines is 1. The van der Waals surface area contributed by atoms with E-state index in [2.05, 4.69) is 12.2 Å². The third-order valence-electron chi connectivity index (χ3n) is 3.16. The molecule has 1 N–H and O–H groups in total. The van der Waals surface area contributed by atoms with E-state index in [4.69, 9.17) is 0 Å². The molecule has 4 heteroatoms. The smallest absolute Gasteiger partial charge is 0.292 e. The first kappa shape index (κ1) is 10.9. The minimum Gasteiger partial charge on any atom is -0.377 e. The van der Waals surface area contributed by atoms with Crippen LogP contribution in [0.5, 0.6) is 0 Å². The molecule has 1 saturated carbocycles. The molecule has 0 aliphatic heterocycles. The molecule has 0 aromatic heterocycles. The van der Waals surface area contributed by atoms with Crippen LogP contribution in [-0.2, 0) is 0 Å². The topological polar surface area (TPSA) is 55.2 Å². The molecule has 1 aliphatic rings. The summed E-state index contributed by atoms with van der Waals surface area (Å²) in [4.78, 5) is 10.5. The maximum absolute atomic E-state index is 10.8. The minimum absolute atomic E-state index is 0.169. The molecule has 0 amide bonds. The monoisotopic (exact) mass is 220 g/mol. The zero-order chi connectivity index (χ0) is 11.5. The molecule has 86 valence electrons. The maximum Gasteiger partial charge on any atom is 0.292 e. The van der Waals surface area contributed by atoms with Crippen molar-refractivity contribution < 1.29 is 4.92 Å². The lowest BCUT2D eigenvalue weighted by molar-refractivity contribution is -0.384. The van der Waals surface area contributed by atoms with Crippen LogP contribution >= 0.6 is 0 Å². The molecule has 2 rings (SSSR count). The number of nitro groups is 1. The number of benzene rings is 1. The maximum atomic E-state index is 10.8. The van der Waals surface area contributed by atoms with Gasteiger partial charge in [0.05, 0.1) is 4.92 Å². The molecule has 0 saturated heterocycles. The fraction of sp³-hybridized carbons (Fsp3) is 0.500. The lowest BCUT2D eigenvalue weighted by Gasteiger charge is -2.13. The van der Waals surface area contributed by atoms with E-state index in [0.717, 1.165) is 18.8 Å². The van der Waals surface area contributed by atoms with Gasteiger partial charge in [0, 0.05) is 12.1 Å². The Morgan fingerprint density at radius 1 is 1.38 bits per heavy atom. The number of nitro benzene ring substituents is 1. The summed E-state index contributed by atoms with van der Waals surface area (Å²) in [5.41, 5.74) is 0.814. The van der Waals surface area contributed by atoms with Gasteiger partial charge in [-0.05, 0) is 31.2 Å². The normalized spacial score (nSPS) is 24.3. The van der Waals surface area contributed by atoms with Gasteiger partial charge in [-0.25, -0.2) is 0 Å². The second-order valence-corrected chi connectivity index (χ2v) is 4.53. The number of hydrogen-bond acceptors (Lipinski definition) is 3. The summed E-state index contributed by atoms with van der Waals surface area (Å²) in [5.74, 6) is 0.722. The quantitative estimate of drug-likeness (QED) is 0.628. The largest absolute Gasteiger partial charge is 0.377 e. The van der Waals surface area contributed by atoms with Gasteiger partial charge in [-0.15, -0.1) is 0 Å². The molecule has 2 unspecified atom stereocenters. The Hall–Kier alpha value is -1.58. The molecule has 0 heterocycles. The highest BCUT2D eigenvalue weighted by molar-refractivity contribution is 5.61. The van der Waals surface area contributed by atoms with Crippen LogP contribution in [0.15, 0.2) is 24.3 Å². The lowest BCUT2D eigenvalue weighted by atomic mass is 10.1. The average Bonchev–Trinajstić information content (AvgIpc) is 2.64. The van der Waals surface area contributed by atoms with Crippen LogP contribution in [0.25, 0.3) is 0 Å². The molecule has 2 atom stereocenters. The number of para-hydroxylation sites is 2. The van der Waals surface area contributed by atoms with Gasteiger partial charge in [0.2, 0.25) is 0 Å². The molecule has 0 spiro atoms. The van der Waals surface area contributed by atoms with Crippen LogP contribution in [0, 0.1) is 16.0 Å². The number of hydrogen-bond donors (Lipinski definition) is 1. The SMILES string of the molecule is CC1CCC(Nc2ccccc2[N+](=O)[O-])C1. The van der Waals surface area contributed by atoms with Crippen molar-refractivity contribution in [1.29, 1.82) is 0 Å². The summed E-state index contributed by atoms with van der Waals surface area (Å²) in [6.07, 6.45) is 3.41. The summed E-state index contributed by atoms with van der Waals surface area (Å²) in [6.45, 7) is 2.22. The van der Waals surface area contributed by atoms with E-state index >= 15 is 0 Å². The van der Waals surface area contributed by atoms with Gasteiger partial charge >= 0.3 is 0 Å². The van der Waals surface area contributed by atoms with Gasteiger partial charge in [0.25, 0.3) is 5.69 Å². The van der Waals surface area contributed by atoms with Crippen LogP contribution in [0.2, 0.25) is 0 Å². The van der Waals surface area contributed by atoms with Gasteiger partial charge < -0.3 is 5.32 Å². The van der Waals surface area contributed by atoms with Crippen molar-refractivity contribution >= 4 is 11.4 Å². The second kappa shape index (κ2) is 4.51. The third kappa shape index (κ3) is 2.32. The predicted octanol–water partition coefficient (Wildman–Crippen LogP) is 3.20. The fourth-order valence-electron chi connectivity index (χ4n) is 2.31. The highest BCUT2D eigenvalue weighted by Crippen LogP contribution is 2.30. The van der Waals surface area contributed by atoms with Gasteiger partial charge in [0.15, 0.2) is 0 Å². The molecule has 0 radical (unpaired) electrons. The van der Waals surface area contributed by atoms with Crippen LogP contribution in [0.1, 0.15) is 26.2 Å². The van der Waals surface area contributed by atoms with Gasteiger partial charge in [-0.2, -0.15) is 0 Å². The molecule has 1 fully saturated rings. The highest BCUT2D eigenvalue weighted by Gasteiger charge is 2.23. The van der Waals surface area contributed by atoms with Crippen molar-refractivity contribution in [2.24, 2.45) is 5.92 Å². The van der Waals surface area contributed by atoms with Crippen molar-refractivity contribution in [2.45, 2.75) is 32.2 Å². The van der Waals surface area contributed by atoms with E-state index in [-0.39, 0.29) is 10.6 Å². The van der Waals surface area contributed by atoms with Crippen molar-refractivity contribution in [3.05, 3.63) is 34.4 Å². The average molecular weight is 220 g/mol. The zero-order valence-electron chi connectivity index (χ0n) is 9.35. The summed E-state index contributed by atoms with van der Waals surface area (Å²) in [6, 6.07) is 7.23. The van der Waals surface area contributed by atoms with Gasteiger partial charge in [-0.3, -0.25) is 10.1 Å². The molecule has 1 aromatic carbocycles.